The van der Waals surface area contributed by atoms with Crippen LogP contribution in [0.15, 0.2) is 200 Å². The highest BCUT2D eigenvalue weighted by Crippen LogP contribution is 2.43. The van der Waals surface area contributed by atoms with E-state index >= 15 is 0 Å². The highest BCUT2D eigenvalue weighted by molar-refractivity contribution is 6.25. The summed E-state index contributed by atoms with van der Waals surface area (Å²) in [5.41, 5.74) is 9.69. The molecule has 0 fully saturated rings. The fourth-order valence-electron chi connectivity index (χ4n) is 8.88. The van der Waals surface area contributed by atoms with Crippen LogP contribution in [0.2, 0.25) is 0 Å². The van der Waals surface area contributed by atoms with E-state index in [1.807, 2.05) is 60.7 Å². The van der Waals surface area contributed by atoms with Crippen molar-refractivity contribution >= 4 is 65.2 Å². The van der Waals surface area contributed by atoms with Crippen molar-refractivity contribution in [3.8, 4) is 45.5 Å². The van der Waals surface area contributed by atoms with E-state index < -0.39 is 0 Å². The Bertz CT molecular complexity index is 3490. The molecule has 0 amide bonds. The zero-order chi connectivity index (χ0) is 38.2. The second-order valence-electron chi connectivity index (χ2n) is 14.8. The van der Waals surface area contributed by atoms with Crippen LogP contribution in [0.25, 0.3) is 111 Å². The Kier molecular flexibility index (Phi) is 7.16. The first-order valence-electron chi connectivity index (χ1n) is 19.6. The average molecular weight is 740 g/mol. The molecule has 3 heterocycles. The molecule has 0 saturated heterocycles. The van der Waals surface area contributed by atoms with Gasteiger partial charge >= 0.3 is 0 Å². The Balaban J connectivity index is 1.16. The molecule has 270 valence electrons. The van der Waals surface area contributed by atoms with E-state index in [1.165, 1.54) is 59.6 Å². The predicted molar refractivity (Wildman–Crippen MR) is 240 cm³/mol. The minimum atomic E-state index is 0.625. The lowest BCUT2D eigenvalue weighted by Crippen LogP contribution is -2.01. The minimum absolute atomic E-state index is 0.625. The molecule has 5 heteroatoms. The molecule has 9 aromatic carbocycles. The van der Waals surface area contributed by atoms with Crippen LogP contribution in [0.1, 0.15) is 0 Å². The van der Waals surface area contributed by atoms with Gasteiger partial charge in [-0.1, -0.05) is 164 Å². The fourth-order valence-corrected chi connectivity index (χ4v) is 8.88. The van der Waals surface area contributed by atoms with Gasteiger partial charge in [0.1, 0.15) is 0 Å². The summed E-state index contributed by atoms with van der Waals surface area (Å²) < 4.78 is 4.90. The second kappa shape index (κ2) is 12.8. The van der Waals surface area contributed by atoms with Gasteiger partial charge in [-0.2, -0.15) is 0 Å². The number of fused-ring (bicyclic) bond motifs is 10. The van der Waals surface area contributed by atoms with Crippen molar-refractivity contribution in [2.45, 2.75) is 0 Å². The second-order valence-corrected chi connectivity index (χ2v) is 14.8. The van der Waals surface area contributed by atoms with Gasteiger partial charge in [-0.25, -0.2) is 15.0 Å². The highest BCUT2D eigenvalue weighted by atomic mass is 15.0. The van der Waals surface area contributed by atoms with E-state index in [9.17, 15) is 0 Å². The molecule has 12 aromatic rings. The third-order valence-electron chi connectivity index (χ3n) is 11.5. The molecule has 0 saturated carbocycles. The third kappa shape index (κ3) is 5.00. The molecule has 3 aromatic heterocycles. The van der Waals surface area contributed by atoms with Crippen molar-refractivity contribution in [1.82, 2.24) is 24.1 Å². The monoisotopic (exact) mass is 739 g/mol. The number of nitrogens with zero attached hydrogens (tertiary/aromatic N) is 5. The first-order valence-corrected chi connectivity index (χ1v) is 19.6. The number of aromatic nitrogens is 5. The molecule has 0 spiro atoms. The molecule has 0 aliphatic rings. The summed E-state index contributed by atoms with van der Waals surface area (Å²) in [7, 11) is 0. The number of hydrogen-bond donors (Lipinski definition) is 0. The van der Waals surface area contributed by atoms with Crippen LogP contribution in [0.3, 0.4) is 0 Å². The van der Waals surface area contributed by atoms with Gasteiger partial charge in [0.2, 0.25) is 0 Å². The van der Waals surface area contributed by atoms with Crippen LogP contribution in [0.4, 0.5) is 0 Å². The zero-order valence-corrected chi connectivity index (χ0v) is 31.3. The zero-order valence-electron chi connectivity index (χ0n) is 31.3. The van der Waals surface area contributed by atoms with Crippen LogP contribution in [-0.2, 0) is 0 Å². The summed E-state index contributed by atoms with van der Waals surface area (Å²) in [6.07, 6.45) is 0. The van der Waals surface area contributed by atoms with Crippen LogP contribution < -0.4 is 0 Å². The first kappa shape index (κ1) is 32.4. The number of rotatable bonds is 5. The van der Waals surface area contributed by atoms with E-state index in [0.29, 0.717) is 17.5 Å². The fraction of sp³-hybridized carbons (Fsp3) is 0. The molecule has 12 rings (SSSR count). The van der Waals surface area contributed by atoms with E-state index in [4.69, 9.17) is 15.0 Å². The highest BCUT2D eigenvalue weighted by Gasteiger charge is 2.22. The Morgan fingerprint density at radius 1 is 0.276 bits per heavy atom. The SMILES string of the molecule is c1ccc(-c2nc(-c3ccccc3)nc(-c3cccc(-n4c5cc6c7ccc8ccccc8c7n(-c7ccccc7)c6cc5c5ccc6ccccc6c54)c3)n2)cc1. The van der Waals surface area contributed by atoms with Gasteiger partial charge in [0.05, 0.1) is 22.1 Å². The van der Waals surface area contributed by atoms with Crippen LogP contribution in [-0.4, -0.2) is 24.1 Å². The molecular weight excluding hydrogens is 707 g/mol. The number of benzene rings is 9. The third-order valence-corrected chi connectivity index (χ3v) is 11.5. The van der Waals surface area contributed by atoms with E-state index in [0.717, 1.165) is 33.6 Å². The summed E-state index contributed by atoms with van der Waals surface area (Å²) in [5, 5.41) is 9.68. The Hall–Kier alpha value is -7.89. The predicted octanol–water partition coefficient (Wildman–Crippen LogP) is 13.4. The van der Waals surface area contributed by atoms with Crippen LogP contribution >= 0.6 is 0 Å². The molecule has 58 heavy (non-hydrogen) atoms. The molecule has 0 aliphatic carbocycles. The lowest BCUT2D eigenvalue weighted by molar-refractivity contribution is 1.07. The van der Waals surface area contributed by atoms with Crippen LogP contribution in [0.5, 0.6) is 0 Å². The van der Waals surface area contributed by atoms with Gasteiger partial charge in [-0.05, 0) is 47.2 Å². The molecule has 0 bridgehead atoms. The standard InChI is InChI=1S/C53H33N5/c1-4-17-36(18-5-1)51-54-52(37-19-6-2-7-20-37)56-53(55-51)38-21-14-24-40(31-38)58-48-33-45-43-29-27-34-15-10-12-25-41(34)49(43)57(39-22-8-3-9-23-39)47(45)32-46(48)44-30-28-35-16-11-13-26-42(35)50(44)58/h1-33H. The summed E-state index contributed by atoms with van der Waals surface area (Å²) in [6, 6.07) is 71.0. The molecule has 0 N–H and O–H groups in total. The van der Waals surface area contributed by atoms with E-state index in [2.05, 4.69) is 149 Å². The van der Waals surface area contributed by atoms with Crippen molar-refractivity contribution < 1.29 is 0 Å². The average Bonchev–Trinajstić information content (AvgIpc) is 3.81. The Labute approximate surface area is 333 Å². The molecule has 5 nitrogen and oxygen atoms in total. The van der Waals surface area contributed by atoms with E-state index in [1.54, 1.807) is 0 Å². The number of para-hydroxylation sites is 1. The van der Waals surface area contributed by atoms with Gasteiger partial charge in [0.25, 0.3) is 0 Å². The minimum Gasteiger partial charge on any atom is -0.309 e. The maximum absolute atomic E-state index is 5.09. The molecule has 0 radical (unpaired) electrons. The molecular formula is C53H33N5. The van der Waals surface area contributed by atoms with Gasteiger partial charge in [0, 0.05) is 60.4 Å². The largest absolute Gasteiger partial charge is 0.309 e. The summed E-state index contributed by atoms with van der Waals surface area (Å²) in [4.78, 5) is 15.1. The maximum atomic E-state index is 5.09. The van der Waals surface area contributed by atoms with Gasteiger partial charge in [0.15, 0.2) is 17.5 Å². The lowest BCUT2D eigenvalue weighted by Gasteiger charge is -2.13. The van der Waals surface area contributed by atoms with Gasteiger partial charge < -0.3 is 9.13 Å². The first-order chi connectivity index (χ1) is 28.8. The Morgan fingerprint density at radius 2 is 0.690 bits per heavy atom. The molecule has 0 aliphatic heterocycles. The topological polar surface area (TPSA) is 48.5 Å². The van der Waals surface area contributed by atoms with Crippen molar-refractivity contribution in [2.24, 2.45) is 0 Å². The van der Waals surface area contributed by atoms with Crippen molar-refractivity contribution in [2.75, 3.05) is 0 Å². The summed E-state index contributed by atoms with van der Waals surface area (Å²) >= 11 is 0. The number of hydrogen-bond acceptors (Lipinski definition) is 3. The van der Waals surface area contributed by atoms with Crippen molar-refractivity contribution in [3.63, 3.8) is 0 Å². The molecule has 0 unspecified atom stereocenters. The lowest BCUT2D eigenvalue weighted by atomic mass is 10.0. The Morgan fingerprint density at radius 3 is 1.22 bits per heavy atom. The van der Waals surface area contributed by atoms with Gasteiger partial charge in [-0.15, -0.1) is 0 Å². The quantitative estimate of drug-likeness (QED) is 0.177. The smallest absolute Gasteiger partial charge is 0.164 e. The van der Waals surface area contributed by atoms with Gasteiger partial charge in [-0.3, -0.25) is 0 Å². The molecule has 0 atom stereocenters. The normalized spacial score (nSPS) is 11.8. The summed E-state index contributed by atoms with van der Waals surface area (Å²) in [6.45, 7) is 0. The van der Waals surface area contributed by atoms with Crippen LogP contribution in [0, 0.1) is 0 Å². The maximum Gasteiger partial charge on any atom is 0.164 e. The van der Waals surface area contributed by atoms with Crippen molar-refractivity contribution in [3.05, 3.63) is 200 Å². The summed E-state index contributed by atoms with van der Waals surface area (Å²) in [5.74, 6) is 1.91. The van der Waals surface area contributed by atoms with E-state index in [-0.39, 0.29) is 0 Å². The van der Waals surface area contributed by atoms with Crippen molar-refractivity contribution in [1.29, 1.82) is 0 Å².